The fourth-order valence-corrected chi connectivity index (χ4v) is 8.01. The summed E-state index contributed by atoms with van der Waals surface area (Å²) in [5, 5.41) is 15.5. The molecule has 0 saturated heterocycles. The molecule has 2 bridgehead atoms. The molecule has 2 saturated carbocycles. The second-order valence-corrected chi connectivity index (χ2v) is 12.5. The van der Waals surface area contributed by atoms with Gasteiger partial charge in [0, 0.05) is 23.9 Å². The van der Waals surface area contributed by atoms with Crippen LogP contribution >= 0.6 is 11.6 Å². The van der Waals surface area contributed by atoms with Gasteiger partial charge >= 0.3 is 5.91 Å². The van der Waals surface area contributed by atoms with Crippen molar-refractivity contribution in [2.24, 2.45) is 11.8 Å². The third kappa shape index (κ3) is 5.15. The van der Waals surface area contributed by atoms with Crippen LogP contribution in [-0.4, -0.2) is 47.7 Å². The minimum Gasteiger partial charge on any atom is -0.441 e. The molecular weight excluding hydrogens is 556 g/mol. The molecule has 3 unspecified atom stereocenters. The van der Waals surface area contributed by atoms with Gasteiger partial charge in [-0.1, -0.05) is 11.6 Å². The summed E-state index contributed by atoms with van der Waals surface area (Å²) in [7, 11) is -4.02. The molecule has 13 heteroatoms. The number of nitrogens with one attached hydrogen (secondary N) is 2. The Morgan fingerprint density at radius 2 is 1.79 bits per heavy atom. The third-order valence-electron chi connectivity index (χ3n) is 7.65. The van der Waals surface area contributed by atoms with Crippen LogP contribution in [0, 0.1) is 23.5 Å². The van der Waals surface area contributed by atoms with E-state index in [1.807, 2.05) is 0 Å². The molecular formula is C26H24ClF2N3O6S. The summed E-state index contributed by atoms with van der Waals surface area (Å²) >= 11 is 6.27. The van der Waals surface area contributed by atoms with Crippen LogP contribution in [0.2, 0.25) is 5.02 Å². The number of halogens is 3. The minimum atomic E-state index is -4.02. The van der Waals surface area contributed by atoms with Gasteiger partial charge in [0.1, 0.15) is 6.26 Å². The Kier molecular flexibility index (Phi) is 7.21. The molecule has 2 fully saturated rings. The number of rotatable bonds is 7. The standard InChI is InChI=1S/C26H24ClF2N3O6S/c27-19-5-1-14(23(33)32-17-4-6-20(28)21(29)12-17)9-22(19)39(36,37)18-10-15-2-3-16(11-18)26(15,35)13-31-24(34)25-30-7-8-38-25/h1,4-9,12,15-16,18,35H,2-3,10-11,13H2,(H,31,34)(H,32,33)/t15-,16?,18?,26?/m0/s1. The van der Waals surface area contributed by atoms with Gasteiger partial charge in [-0.2, -0.15) is 0 Å². The average Bonchev–Trinajstić information content (AvgIpc) is 3.47. The van der Waals surface area contributed by atoms with E-state index in [-0.39, 0.29) is 58.3 Å². The van der Waals surface area contributed by atoms with Crippen molar-refractivity contribution in [3.05, 3.63) is 77.0 Å². The van der Waals surface area contributed by atoms with Crippen LogP contribution < -0.4 is 10.6 Å². The molecule has 2 aliphatic carbocycles. The van der Waals surface area contributed by atoms with Crippen molar-refractivity contribution in [1.82, 2.24) is 10.3 Å². The van der Waals surface area contributed by atoms with Crippen molar-refractivity contribution in [2.75, 3.05) is 11.9 Å². The Balaban J connectivity index is 1.32. The van der Waals surface area contributed by atoms with Crippen molar-refractivity contribution < 1.29 is 36.3 Å². The molecule has 2 amide bonds. The molecule has 0 aliphatic heterocycles. The topological polar surface area (TPSA) is 139 Å². The predicted octanol–water partition coefficient (Wildman–Crippen LogP) is 3.98. The Morgan fingerprint density at radius 1 is 1.08 bits per heavy atom. The lowest BCUT2D eigenvalue weighted by molar-refractivity contribution is -0.0550. The van der Waals surface area contributed by atoms with E-state index in [0.717, 1.165) is 18.2 Å². The smallest absolute Gasteiger partial charge is 0.307 e. The number of hydrogen-bond acceptors (Lipinski definition) is 7. The van der Waals surface area contributed by atoms with Gasteiger partial charge in [0.2, 0.25) is 0 Å². The van der Waals surface area contributed by atoms with Crippen LogP contribution in [0.3, 0.4) is 0 Å². The van der Waals surface area contributed by atoms with Crippen molar-refractivity contribution in [3.63, 3.8) is 0 Å². The van der Waals surface area contributed by atoms with Gasteiger partial charge in [-0.05, 0) is 67.9 Å². The third-order valence-corrected chi connectivity index (χ3v) is 10.3. The monoisotopic (exact) mass is 579 g/mol. The SMILES string of the molecule is O=C(Nc1ccc(F)c(F)c1)c1ccc(Cl)c(S(=O)(=O)C2CC3CC[C@@H](C2)C3(O)CNC(=O)c2ncco2)c1. The van der Waals surface area contributed by atoms with Crippen LogP contribution in [0.5, 0.6) is 0 Å². The van der Waals surface area contributed by atoms with Crippen molar-refractivity contribution in [3.8, 4) is 0 Å². The number of sulfone groups is 1. The van der Waals surface area contributed by atoms with Crippen LogP contribution in [0.15, 0.2) is 58.2 Å². The van der Waals surface area contributed by atoms with E-state index in [1.54, 1.807) is 0 Å². The number of fused-ring (bicyclic) bond motifs is 2. The average molecular weight is 580 g/mol. The second-order valence-electron chi connectivity index (χ2n) is 9.85. The van der Waals surface area contributed by atoms with Crippen molar-refractivity contribution >= 4 is 38.9 Å². The fourth-order valence-electron chi connectivity index (χ4n) is 5.60. The van der Waals surface area contributed by atoms with E-state index < -0.39 is 44.1 Å². The molecule has 3 aromatic rings. The van der Waals surface area contributed by atoms with Crippen LogP contribution in [-0.2, 0) is 9.84 Å². The van der Waals surface area contributed by atoms with Gasteiger partial charge in [0.15, 0.2) is 21.5 Å². The first-order valence-corrected chi connectivity index (χ1v) is 14.1. The lowest BCUT2D eigenvalue weighted by Crippen LogP contribution is -2.54. The second kappa shape index (κ2) is 10.3. The first kappa shape index (κ1) is 27.2. The van der Waals surface area contributed by atoms with E-state index in [2.05, 4.69) is 15.6 Å². The summed E-state index contributed by atoms with van der Waals surface area (Å²) in [6.45, 7) is -0.0727. The zero-order valence-electron chi connectivity index (χ0n) is 20.4. The maximum Gasteiger partial charge on any atom is 0.307 e. The molecule has 39 heavy (non-hydrogen) atoms. The number of anilines is 1. The number of hydrogen-bond donors (Lipinski definition) is 3. The predicted molar refractivity (Wildman–Crippen MR) is 136 cm³/mol. The molecule has 5 rings (SSSR count). The number of oxazole rings is 1. The Labute approximate surface area is 227 Å². The summed E-state index contributed by atoms with van der Waals surface area (Å²) in [5.74, 6) is -4.43. The van der Waals surface area contributed by atoms with Gasteiger partial charge < -0.3 is 20.2 Å². The molecule has 3 N–H and O–H groups in total. The first-order chi connectivity index (χ1) is 18.5. The quantitative estimate of drug-likeness (QED) is 0.385. The highest BCUT2D eigenvalue weighted by molar-refractivity contribution is 7.92. The summed E-state index contributed by atoms with van der Waals surface area (Å²) < 4.78 is 59.1. The highest BCUT2D eigenvalue weighted by atomic mass is 35.5. The molecule has 4 atom stereocenters. The highest BCUT2D eigenvalue weighted by Gasteiger charge is 2.55. The summed E-state index contributed by atoms with van der Waals surface area (Å²) in [5.41, 5.74) is -1.33. The number of carbonyl (C=O) groups is 2. The Bertz CT molecular complexity index is 1520. The lowest BCUT2D eigenvalue weighted by Gasteiger charge is -2.42. The normalized spacial score (nSPS) is 24.4. The van der Waals surface area contributed by atoms with E-state index in [9.17, 15) is 31.9 Å². The minimum absolute atomic E-state index is 0.00341. The maximum atomic E-state index is 13.7. The molecule has 2 aromatic carbocycles. The zero-order valence-corrected chi connectivity index (χ0v) is 21.9. The fraction of sp³-hybridized carbons (Fsp3) is 0.346. The molecule has 0 radical (unpaired) electrons. The number of benzene rings is 2. The number of aromatic nitrogens is 1. The van der Waals surface area contributed by atoms with Crippen LogP contribution in [0.1, 0.15) is 46.7 Å². The van der Waals surface area contributed by atoms with Crippen molar-refractivity contribution in [1.29, 1.82) is 0 Å². The highest BCUT2D eigenvalue weighted by Crippen LogP contribution is 2.52. The van der Waals surface area contributed by atoms with Gasteiger partial charge in [-0.25, -0.2) is 22.2 Å². The number of carbonyl (C=O) groups excluding carboxylic acids is 2. The molecule has 1 heterocycles. The van der Waals surface area contributed by atoms with E-state index in [0.29, 0.717) is 12.8 Å². The van der Waals surface area contributed by atoms with E-state index in [4.69, 9.17) is 16.0 Å². The van der Waals surface area contributed by atoms with Gasteiger partial charge in [0.25, 0.3) is 11.8 Å². The summed E-state index contributed by atoms with van der Waals surface area (Å²) in [6, 6.07) is 6.63. The number of nitrogens with zero attached hydrogens (tertiary/aromatic N) is 1. The Morgan fingerprint density at radius 3 is 2.44 bits per heavy atom. The largest absolute Gasteiger partial charge is 0.441 e. The summed E-state index contributed by atoms with van der Waals surface area (Å²) in [6.07, 6.45) is 4.06. The maximum absolute atomic E-state index is 13.7. The van der Waals surface area contributed by atoms with Crippen LogP contribution in [0.25, 0.3) is 0 Å². The van der Waals surface area contributed by atoms with E-state index in [1.165, 1.54) is 30.7 Å². The lowest BCUT2D eigenvalue weighted by atomic mass is 9.74. The molecule has 0 spiro atoms. The van der Waals surface area contributed by atoms with E-state index >= 15 is 0 Å². The number of aliphatic hydroxyl groups is 1. The first-order valence-electron chi connectivity index (χ1n) is 12.2. The molecule has 1 aromatic heterocycles. The Hall–Kier alpha value is -3.35. The zero-order chi connectivity index (χ0) is 27.9. The van der Waals surface area contributed by atoms with Gasteiger partial charge in [-0.3, -0.25) is 9.59 Å². The molecule has 2 aliphatic rings. The van der Waals surface area contributed by atoms with Crippen molar-refractivity contribution in [2.45, 2.75) is 41.4 Å². The number of amides is 2. The summed E-state index contributed by atoms with van der Waals surface area (Å²) in [4.78, 5) is 28.5. The van der Waals surface area contributed by atoms with Gasteiger partial charge in [-0.15, -0.1) is 0 Å². The van der Waals surface area contributed by atoms with Gasteiger partial charge in [0.05, 0.1) is 27.0 Å². The molecule has 206 valence electrons. The molecule has 9 nitrogen and oxygen atoms in total. The van der Waals surface area contributed by atoms with Crippen LogP contribution in [0.4, 0.5) is 14.5 Å².